The quantitative estimate of drug-likeness (QED) is 0.756. The molecule has 23 heavy (non-hydrogen) atoms. The van der Waals surface area contributed by atoms with E-state index in [0.717, 1.165) is 31.6 Å². The van der Waals surface area contributed by atoms with E-state index in [1.54, 1.807) is 0 Å². The van der Waals surface area contributed by atoms with E-state index in [-0.39, 0.29) is 17.9 Å². The van der Waals surface area contributed by atoms with Crippen molar-refractivity contribution in [1.29, 1.82) is 0 Å². The number of carbonyl (C=O) groups is 2. The number of amides is 1. The van der Waals surface area contributed by atoms with E-state index in [9.17, 15) is 9.59 Å². The molecule has 1 saturated heterocycles. The van der Waals surface area contributed by atoms with E-state index in [1.165, 1.54) is 0 Å². The maximum absolute atomic E-state index is 12.4. The van der Waals surface area contributed by atoms with Gasteiger partial charge in [0.25, 0.3) is 0 Å². The Labute approximate surface area is 138 Å². The zero-order chi connectivity index (χ0) is 16.7. The van der Waals surface area contributed by atoms with Crippen LogP contribution in [0.25, 0.3) is 0 Å². The normalized spacial score (nSPS) is 16.1. The zero-order valence-corrected chi connectivity index (χ0v) is 14.0. The molecule has 0 spiro atoms. The molecule has 0 unspecified atom stereocenters. The number of hydrogen-bond acceptors (Lipinski definition) is 4. The molecule has 0 radical (unpaired) electrons. The number of likely N-dealkylation sites (tertiary alicyclic amines) is 1. The van der Waals surface area contributed by atoms with Gasteiger partial charge in [0.15, 0.2) is 0 Å². The number of benzene rings is 1. The molecule has 1 aromatic rings. The SMILES string of the molecule is CCOC(=O)CN1CCC(N(C(=O)CC)c2ccccc2)CC1. The van der Waals surface area contributed by atoms with Gasteiger partial charge in [-0.2, -0.15) is 0 Å². The van der Waals surface area contributed by atoms with Crippen LogP contribution in [0.1, 0.15) is 33.1 Å². The van der Waals surface area contributed by atoms with Crippen LogP contribution in [0.4, 0.5) is 5.69 Å². The second kappa shape index (κ2) is 8.67. The molecule has 2 rings (SSSR count). The monoisotopic (exact) mass is 318 g/mol. The van der Waals surface area contributed by atoms with Gasteiger partial charge in [-0.25, -0.2) is 0 Å². The molecule has 1 fully saturated rings. The molecule has 0 bridgehead atoms. The Balaban J connectivity index is 1.98. The molecule has 5 nitrogen and oxygen atoms in total. The fraction of sp³-hybridized carbons (Fsp3) is 0.556. The van der Waals surface area contributed by atoms with Crippen LogP contribution in [0.3, 0.4) is 0 Å². The number of anilines is 1. The van der Waals surface area contributed by atoms with E-state index in [2.05, 4.69) is 4.90 Å². The first-order valence-electron chi connectivity index (χ1n) is 8.40. The summed E-state index contributed by atoms with van der Waals surface area (Å²) in [6.07, 6.45) is 2.25. The molecular weight excluding hydrogens is 292 g/mol. The summed E-state index contributed by atoms with van der Waals surface area (Å²) < 4.78 is 5.00. The molecule has 1 aliphatic heterocycles. The van der Waals surface area contributed by atoms with E-state index in [0.29, 0.717) is 19.6 Å². The number of esters is 1. The minimum Gasteiger partial charge on any atom is -0.465 e. The Hall–Kier alpha value is -1.88. The van der Waals surface area contributed by atoms with E-state index in [4.69, 9.17) is 4.74 Å². The number of rotatable bonds is 6. The van der Waals surface area contributed by atoms with Crippen LogP contribution in [0, 0.1) is 0 Å². The summed E-state index contributed by atoms with van der Waals surface area (Å²) in [5.41, 5.74) is 0.961. The van der Waals surface area contributed by atoms with Crippen molar-refractivity contribution in [3.8, 4) is 0 Å². The second-order valence-electron chi connectivity index (χ2n) is 5.77. The van der Waals surface area contributed by atoms with Crippen molar-refractivity contribution in [1.82, 2.24) is 4.90 Å². The molecule has 0 atom stereocenters. The van der Waals surface area contributed by atoms with Gasteiger partial charge in [-0.1, -0.05) is 25.1 Å². The number of carbonyl (C=O) groups excluding carboxylic acids is 2. The van der Waals surface area contributed by atoms with Crippen LogP contribution in [0.15, 0.2) is 30.3 Å². The molecule has 1 aromatic carbocycles. The van der Waals surface area contributed by atoms with Crippen molar-refractivity contribution in [2.45, 2.75) is 39.2 Å². The molecule has 0 aromatic heterocycles. The van der Waals surface area contributed by atoms with Crippen molar-refractivity contribution in [3.63, 3.8) is 0 Å². The van der Waals surface area contributed by atoms with Gasteiger partial charge in [-0.15, -0.1) is 0 Å². The van der Waals surface area contributed by atoms with Crippen LogP contribution in [-0.2, 0) is 14.3 Å². The Bertz CT molecular complexity index is 510. The number of ether oxygens (including phenoxy) is 1. The first-order valence-corrected chi connectivity index (χ1v) is 8.40. The van der Waals surface area contributed by atoms with E-state index < -0.39 is 0 Å². The highest BCUT2D eigenvalue weighted by Gasteiger charge is 2.29. The van der Waals surface area contributed by atoms with Crippen LogP contribution in [0.5, 0.6) is 0 Å². The van der Waals surface area contributed by atoms with Gasteiger partial charge in [-0.05, 0) is 31.9 Å². The smallest absolute Gasteiger partial charge is 0.320 e. The van der Waals surface area contributed by atoms with Crippen LogP contribution < -0.4 is 4.90 Å². The van der Waals surface area contributed by atoms with E-state index >= 15 is 0 Å². The highest BCUT2D eigenvalue weighted by molar-refractivity contribution is 5.93. The van der Waals surface area contributed by atoms with Crippen molar-refractivity contribution >= 4 is 17.6 Å². The minimum atomic E-state index is -0.171. The number of piperidine rings is 1. The lowest BCUT2D eigenvalue weighted by Gasteiger charge is -2.38. The summed E-state index contributed by atoms with van der Waals surface area (Å²) in [4.78, 5) is 28.0. The van der Waals surface area contributed by atoms with Gasteiger partial charge in [-0.3, -0.25) is 14.5 Å². The average molecular weight is 318 g/mol. The summed E-state index contributed by atoms with van der Waals surface area (Å²) in [5.74, 6) is -0.0180. The first-order chi connectivity index (χ1) is 11.2. The minimum absolute atomic E-state index is 0.153. The Morgan fingerprint density at radius 1 is 1.17 bits per heavy atom. The number of hydrogen-bond donors (Lipinski definition) is 0. The number of para-hydroxylation sites is 1. The van der Waals surface area contributed by atoms with Gasteiger partial charge in [0.2, 0.25) is 5.91 Å². The van der Waals surface area contributed by atoms with Crippen LogP contribution in [0.2, 0.25) is 0 Å². The van der Waals surface area contributed by atoms with Gasteiger partial charge in [0, 0.05) is 31.2 Å². The maximum Gasteiger partial charge on any atom is 0.320 e. The summed E-state index contributed by atoms with van der Waals surface area (Å²) in [7, 11) is 0. The van der Waals surface area contributed by atoms with Crippen LogP contribution in [-0.4, -0.2) is 49.1 Å². The summed E-state index contributed by atoms with van der Waals surface area (Å²) in [5, 5.41) is 0. The summed E-state index contributed by atoms with van der Waals surface area (Å²) in [6, 6.07) is 10.0. The third-order valence-electron chi connectivity index (χ3n) is 4.19. The van der Waals surface area contributed by atoms with Gasteiger partial charge in [0.05, 0.1) is 13.2 Å². The lowest BCUT2D eigenvalue weighted by molar-refractivity contribution is -0.144. The molecule has 0 N–H and O–H groups in total. The third-order valence-corrected chi connectivity index (χ3v) is 4.19. The average Bonchev–Trinajstić information content (AvgIpc) is 2.57. The highest BCUT2D eigenvalue weighted by Crippen LogP contribution is 2.24. The molecule has 126 valence electrons. The van der Waals surface area contributed by atoms with E-state index in [1.807, 2.05) is 49.1 Å². The molecule has 0 aliphatic carbocycles. The predicted molar refractivity (Wildman–Crippen MR) is 90.3 cm³/mol. The zero-order valence-electron chi connectivity index (χ0n) is 14.0. The molecule has 0 saturated carbocycles. The third kappa shape index (κ3) is 4.79. The Morgan fingerprint density at radius 2 is 1.83 bits per heavy atom. The van der Waals surface area contributed by atoms with Crippen LogP contribution >= 0.6 is 0 Å². The predicted octanol–water partition coefficient (Wildman–Crippen LogP) is 2.46. The largest absolute Gasteiger partial charge is 0.465 e. The fourth-order valence-electron chi connectivity index (χ4n) is 3.04. The Morgan fingerprint density at radius 3 is 2.39 bits per heavy atom. The number of nitrogens with zero attached hydrogens (tertiary/aromatic N) is 2. The second-order valence-corrected chi connectivity index (χ2v) is 5.77. The highest BCUT2D eigenvalue weighted by atomic mass is 16.5. The van der Waals surface area contributed by atoms with Crippen molar-refractivity contribution < 1.29 is 14.3 Å². The van der Waals surface area contributed by atoms with Gasteiger partial charge < -0.3 is 9.64 Å². The molecule has 1 aliphatic rings. The topological polar surface area (TPSA) is 49.9 Å². The molecule has 1 amide bonds. The van der Waals surface area contributed by atoms with Crippen molar-refractivity contribution in [2.75, 3.05) is 31.1 Å². The van der Waals surface area contributed by atoms with Gasteiger partial charge in [0.1, 0.15) is 0 Å². The maximum atomic E-state index is 12.4. The van der Waals surface area contributed by atoms with Crippen molar-refractivity contribution in [2.24, 2.45) is 0 Å². The molecule has 1 heterocycles. The lowest BCUT2D eigenvalue weighted by Crippen LogP contribution is -2.48. The summed E-state index contributed by atoms with van der Waals surface area (Å²) in [6.45, 7) is 6.09. The van der Waals surface area contributed by atoms with Crippen molar-refractivity contribution in [3.05, 3.63) is 30.3 Å². The molecular formula is C18H26N2O3. The Kier molecular flexibility index (Phi) is 6.59. The fourth-order valence-corrected chi connectivity index (χ4v) is 3.04. The summed E-state index contributed by atoms with van der Waals surface area (Å²) >= 11 is 0. The molecule has 5 heteroatoms. The lowest BCUT2D eigenvalue weighted by atomic mass is 10.0. The standard InChI is InChI=1S/C18H26N2O3/c1-3-17(21)20(15-8-6-5-7-9-15)16-10-12-19(13-11-16)14-18(22)23-4-2/h5-9,16H,3-4,10-14H2,1-2H3. The first kappa shape index (κ1) is 17.5. The van der Waals surface area contributed by atoms with Gasteiger partial charge >= 0.3 is 5.97 Å².